The summed E-state index contributed by atoms with van der Waals surface area (Å²) in [5, 5.41) is -1.53. The van der Waals surface area contributed by atoms with Crippen molar-refractivity contribution < 1.29 is 31.5 Å². The zero-order chi connectivity index (χ0) is 49.1. The third kappa shape index (κ3) is 3.82. The van der Waals surface area contributed by atoms with E-state index in [1.165, 1.54) is 18.2 Å². The van der Waals surface area contributed by atoms with Gasteiger partial charge in [0.2, 0.25) is 0 Å². The number of aromatic nitrogens is 2. The highest BCUT2D eigenvalue weighted by Gasteiger charge is 2.16. The fourth-order valence-corrected chi connectivity index (χ4v) is 5.33. The Morgan fingerprint density at radius 3 is 1.61 bits per heavy atom. The SMILES string of the molecule is [2H]c1cc(-c2c([2H])cc([2H])c(-c3c([2H])c([2H])cc([2H])c3[2H])c2[2H])cc(-n2c3c([2H])c([2H])c([2H])c([2H])c3c3c([2H])c(-n4c5c([2H])c([2H])c([2H])c([2H])c5c5c([2H])c([2H])c([2H])c([2H])c54)c([2H])c([2H])c32)c1. The number of rotatable bonds is 4. The van der Waals surface area contributed by atoms with Crippen LogP contribution in [0.15, 0.2) is 169 Å². The van der Waals surface area contributed by atoms with Crippen molar-refractivity contribution >= 4 is 43.6 Å². The van der Waals surface area contributed by atoms with Crippen molar-refractivity contribution in [3.63, 3.8) is 0 Å². The average Bonchev–Trinajstić information content (AvgIpc) is 3.82. The Morgan fingerprint density at radius 1 is 0.364 bits per heavy atom. The summed E-state index contributed by atoms with van der Waals surface area (Å²) in [4.78, 5) is 0. The first-order valence-corrected chi connectivity index (χ1v) is 13.2. The van der Waals surface area contributed by atoms with Crippen LogP contribution < -0.4 is 0 Å². The molecule has 2 heteroatoms. The van der Waals surface area contributed by atoms with Crippen molar-refractivity contribution in [3.8, 4) is 33.6 Å². The summed E-state index contributed by atoms with van der Waals surface area (Å²) < 4.78 is 205. The van der Waals surface area contributed by atoms with Gasteiger partial charge in [-0.2, -0.15) is 0 Å². The van der Waals surface area contributed by atoms with Crippen LogP contribution >= 0.6 is 0 Å². The van der Waals surface area contributed by atoms with Crippen molar-refractivity contribution in [3.05, 3.63) is 169 Å². The van der Waals surface area contributed by atoms with Crippen LogP contribution in [0.3, 0.4) is 0 Å². The average molecular weight is 584 g/mol. The molecule has 0 aliphatic heterocycles. The second-order valence-corrected chi connectivity index (χ2v) is 9.63. The van der Waals surface area contributed by atoms with E-state index in [0.717, 1.165) is 21.3 Å². The molecule has 0 aliphatic carbocycles. The van der Waals surface area contributed by atoms with Gasteiger partial charge in [0.25, 0.3) is 0 Å². The van der Waals surface area contributed by atoms with Gasteiger partial charge in [-0.3, -0.25) is 0 Å². The highest BCUT2D eigenvalue weighted by Crippen LogP contribution is 2.37. The minimum atomic E-state index is -0.849. The van der Waals surface area contributed by atoms with Gasteiger partial charge in [-0.25, -0.2) is 0 Å². The summed E-state index contributed by atoms with van der Waals surface area (Å²) in [6.07, 6.45) is 0. The zero-order valence-corrected chi connectivity index (χ0v) is 22.3. The van der Waals surface area contributed by atoms with Crippen LogP contribution in [0.2, 0.25) is 0 Å². The van der Waals surface area contributed by atoms with Crippen LogP contribution in [0, 0.1) is 0 Å². The van der Waals surface area contributed by atoms with Gasteiger partial charge in [0.05, 0.1) is 53.6 Å². The van der Waals surface area contributed by atoms with E-state index in [9.17, 15) is 5.48 Å². The number of fused-ring (bicyclic) bond motifs is 6. The van der Waals surface area contributed by atoms with Crippen LogP contribution in [-0.2, 0) is 0 Å². The number of benzene rings is 7. The fourth-order valence-electron chi connectivity index (χ4n) is 5.33. The molecule has 0 fully saturated rings. The Kier molecular flexibility index (Phi) is 2.47. The zero-order valence-electron chi connectivity index (χ0n) is 45.3. The molecule has 0 bridgehead atoms. The maximum atomic E-state index is 9.82. The van der Waals surface area contributed by atoms with Crippen LogP contribution in [0.5, 0.6) is 0 Å². The summed E-state index contributed by atoms with van der Waals surface area (Å²) in [5.41, 5.74) is -3.54. The molecule has 2 heterocycles. The van der Waals surface area contributed by atoms with Gasteiger partial charge in [0.15, 0.2) is 0 Å². The maximum absolute atomic E-state index is 9.82. The molecule has 0 saturated heterocycles. The van der Waals surface area contributed by atoms with E-state index in [4.69, 9.17) is 26.0 Å². The molecule has 0 saturated carbocycles. The molecule has 44 heavy (non-hydrogen) atoms. The van der Waals surface area contributed by atoms with E-state index in [1.807, 2.05) is 0 Å². The molecule has 0 N–H and O–H groups in total. The molecule has 0 aliphatic rings. The number of nitrogens with zero attached hydrogens (tertiary/aromatic N) is 2. The van der Waals surface area contributed by atoms with Gasteiger partial charge < -0.3 is 9.13 Å². The topological polar surface area (TPSA) is 9.86 Å². The lowest BCUT2D eigenvalue weighted by Crippen LogP contribution is -1.96. The first kappa shape index (κ1) is 11.0. The summed E-state index contributed by atoms with van der Waals surface area (Å²) in [5.74, 6) is 0. The largest absolute Gasteiger partial charge is 0.309 e. The van der Waals surface area contributed by atoms with Crippen LogP contribution in [0.1, 0.15) is 31.5 Å². The first-order chi connectivity index (χ1) is 31.4. The third-order valence-electron chi connectivity index (χ3n) is 7.19. The summed E-state index contributed by atoms with van der Waals surface area (Å²) in [7, 11) is 0. The smallest absolute Gasteiger partial charge is 0.0652 e. The summed E-state index contributed by atoms with van der Waals surface area (Å²) >= 11 is 0. The van der Waals surface area contributed by atoms with E-state index >= 15 is 0 Å². The standard InChI is InChI=1S/C42H28N2/c1-2-12-29(13-3-1)30-14-10-15-31(26-30)32-16-11-17-33(27-32)43-41-23-9-6-20-37(41)38-28-34(24-25-42(38)43)44-39-21-7-4-18-35(39)36-19-5-8-22-40(36)44/h1-28H/i2D,3D,4D,5D,6D,7D,8D,9D,11D,12D,13D,14D,15D,18D,19D,20D,21D,22D,23D,24D,25D,26D,28D. The predicted octanol–water partition coefficient (Wildman–Crippen LogP) is 11.2. The van der Waals surface area contributed by atoms with Crippen molar-refractivity contribution in [2.75, 3.05) is 0 Å². The molecule has 2 nitrogen and oxygen atoms in total. The minimum absolute atomic E-state index is 0.0744. The highest BCUT2D eigenvalue weighted by molar-refractivity contribution is 6.12. The fraction of sp³-hybridized carbons (Fsp3) is 0. The van der Waals surface area contributed by atoms with Crippen LogP contribution in [0.4, 0.5) is 0 Å². The van der Waals surface area contributed by atoms with Gasteiger partial charge in [-0.15, -0.1) is 0 Å². The monoisotopic (exact) mass is 583 g/mol. The lowest BCUT2D eigenvalue weighted by Gasteiger charge is -2.12. The molecule has 0 spiro atoms. The molecule has 2 aromatic heterocycles. The molecule has 0 radical (unpaired) electrons. The van der Waals surface area contributed by atoms with E-state index in [2.05, 4.69) is 0 Å². The van der Waals surface area contributed by atoms with Crippen molar-refractivity contribution in [2.24, 2.45) is 0 Å². The Labute approximate surface area is 288 Å². The van der Waals surface area contributed by atoms with Gasteiger partial charge in [-0.05, 0) is 76.7 Å². The predicted molar refractivity (Wildman–Crippen MR) is 186 cm³/mol. The number of hydrogen-bond acceptors (Lipinski definition) is 0. The molecule has 0 atom stereocenters. The Morgan fingerprint density at radius 2 is 0.932 bits per heavy atom. The summed E-state index contributed by atoms with van der Waals surface area (Å²) in [6, 6.07) is -9.45. The third-order valence-corrected chi connectivity index (χ3v) is 7.19. The Balaban J connectivity index is 1.45. The maximum Gasteiger partial charge on any atom is 0.0652 e. The number of para-hydroxylation sites is 3. The van der Waals surface area contributed by atoms with Crippen LogP contribution in [-0.4, -0.2) is 9.13 Å². The van der Waals surface area contributed by atoms with Crippen LogP contribution in [0.25, 0.3) is 77.2 Å². The molecule has 0 amide bonds. The summed E-state index contributed by atoms with van der Waals surface area (Å²) in [6.45, 7) is 0. The van der Waals surface area contributed by atoms with E-state index in [1.54, 1.807) is 0 Å². The van der Waals surface area contributed by atoms with Crippen molar-refractivity contribution in [2.45, 2.75) is 0 Å². The van der Waals surface area contributed by atoms with Gasteiger partial charge in [-0.1, -0.05) is 115 Å². The van der Waals surface area contributed by atoms with Gasteiger partial charge >= 0.3 is 0 Å². The van der Waals surface area contributed by atoms with E-state index < -0.39 is 161 Å². The second kappa shape index (κ2) is 9.86. The van der Waals surface area contributed by atoms with E-state index in [-0.39, 0.29) is 55.7 Å². The van der Waals surface area contributed by atoms with Crippen molar-refractivity contribution in [1.29, 1.82) is 0 Å². The molecule has 7 aromatic carbocycles. The first-order valence-electron chi connectivity index (χ1n) is 24.7. The molecular formula is C42H28N2. The lowest BCUT2D eigenvalue weighted by molar-refractivity contribution is 1.17. The quantitative estimate of drug-likeness (QED) is 0.195. The molecule has 0 unspecified atom stereocenters. The Bertz CT molecular complexity index is 3690. The molecule has 9 aromatic rings. The normalized spacial score (nSPS) is 19.0. The Hall–Kier alpha value is -5.86. The molecule has 206 valence electrons. The van der Waals surface area contributed by atoms with Gasteiger partial charge in [0.1, 0.15) is 0 Å². The van der Waals surface area contributed by atoms with Crippen molar-refractivity contribution in [1.82, 2.24) is 9.13 Å². The highest BCUT2D eigenvalue weighted by atomic mass is 15.0. The lowest BCUT2D eigenvalue weighted by atomic mass is 9.99. The molecule has 9 rings (SSSR count). The number of hydrogen-bond donors (Lipinski definition) is 0. The van der Waals surface area contributed by atoms with E-state index in [0.29, 0.717) is 0 Å². The second-order valence-electron chi connectivity index (χ2n) is 9.63. The van der Waals surface area contributed by atoms with Gasteiger partial charge in [0, 0.05) is 32.9 Å². The minimum Gasteiger partial charge on any atom is -0.309 e. The molecular weight excluding hydrogens is 532 g/mol.